The molecule has 24 heavy (non-hydrogen) atoms. The maximum atomic E-state index is 12.8. The van der Waals surface area contributed by atoms with Crippen molar-refractivity contribution in [3.8, 4) is 0 Å². The zero-order valence-electron chi connectivity index (χ0n) is 12.8. The van der Waals surface area contributed by atoms with E-state index in [1.54, 1.807) is 17.2 Å². The summed E-state index contributed by atoms with van der Waals surface area (Å²) >= 11 is 1.47. The van der Waals surface area contributed by atoms with Gasteiger partial charge in [-0.05, 0) is 24.6 Å². The van der Waals surface area contributed by atoms with Crippen molar-refractivity contribution in [3.05, 3.63) is 47.3 Å². The summed E-state index contributed by atoms with van der Waals surface area (Å²) in [6.07, 6.45) is -2.69. The highest BCUT2D eigenvalue weighted by molar-refractivity contribution is 8.00. The Morgan fingerprint density at radius 3 is 2.88 bits per heavy atom. The van der Waals surface area contributed by atoms with Gasteiger partial charge in [-0.15, -0.1) is 16.9 Å². The van der Waals surface area contributed by atoms with Crippen LogP contribution in [0.25, 0.3) is 0 Å². The van der Waals surface area contributed by atoms with Gasteiger partial charge in [-0.1, -0.05) is 17.3 Å². The molecule has 1 aromatic heterocycles. The van der Waals surface area contributed by atoms with E-state index in [-0.39, 0.29) is 17.8 Å². The highest BCUT2D eigenvalue weighted by Crippen LogP contribution is 2.37. The smallest absolute Gasteiger partial charge is 0.324 e. The van der Waals surface area contributed by atoms with Crippen LogP contribution in [-0.2, 0) is 17.5 Å². The average Bonchev–Trinajstić information content (AvgIpc) is 3.13. The number of halogens is 3. The van der Waals surface area contributed by atoms with Crippen LogP contribution >= 0.6 is 11.8 Å². The van der Waals surface area contributed by atoms with E-state index in [0.29, 0.717) is 23.6 Å². The molecule has 0 aliphatic carbocycles. The third-order valence-electron chi connectivity index (χ3n) is 3.72. The molecule has 0 saturated carbocycles. The predicted octanol–water partition coefficient (Wildman–Crippen LogP) is 2.94. The quantitative estimate of drug-likeness (QED) is 0.845. The lowest BCUT2D eigenvalue weighted by molar-refractivity contribution is -0.137. The Hall–Kier alpha value is -2.03. The van der Waals surface area contributed by atoms with Gasteiger partial charge in [0.15, 0.2) is 0 Å². The zero-order valence-corrected chi connectivity index (χ0v) is 13.6. The van der Waals surface area contributed by atoms with Crippen LogP contribution in [0.5, 0.6) is 0 Å². The molecule has 9 heteroatoms. The van der Waals surface area contributed by atoms with Crippen molar-refractivity contribution < 1.29 is 18.0 Å². The second-order valence-corrected chi connectivity index (χ2v) is 6.45. The van der Waals surface area contributed by atoms with Crippen molar-refractivity contribution >= 4 is 17.7 Å². The van der Waals surface area contributed by atoms with Crippen molar-refractivity contribution in [2.24, 2.45) is 0 Å². The number of nitrogens with zero attached hydrogens (tertiary/aromatic N) is 4. The number of carbonyl (C=O) groups excluding carboxylic acids is 1. The Morgan fingerprint density at radius 1 is 1.38 bits per heavy atom. The van der Waals surface area contributed by atoms with Crippen molar-refractivity contribution in [3.63, 3.8) is 0 Å². The monoisotopic (exact) mass is 356 g/mol. The van der Waals surface area contributed by atoms with Crippen LogP contribution in [0, 0.1) is 0 Å². The lowest BCUT2D eigenvalue weighted by atomic mass is 10.1. The fourth-order valence-electron chi connectivity index (χ4n) is 2.58. The van der Waals surface area contributed by atoms with Crippen molar-refractivity contribution in [1.82, 2.24) is 19.9 Å². The molecule has 0 N–H and O–H groups in total. The minimum Gasteiger partial charge on any atom is -0.324 e. The summed E-state index contributed by atoms with van der Waals surface area (Å²) in [4.78, 5) is 13.5. The summed E-state index contributed by atoms with van der Waals surface area (Å²) in [5.74, 6) is 0.457. The summed E-state index contributed by atoms with van der Waals surface area (Å²) < 4.78 is 39.8. The molecule has 2 aromatic rings. The van der Waals surface area contributed by atoms with E-state index in [2.05, 4.69) is 10.3 Å². The van der Waals surface area contributed by atoms with Gasteiger partial charge in [0.25, 0.3) is 0 Å². The molecular formula is C15H15F3N4OS. The van der Waals surface area contributed by atoms with E-state index in [0.717, 1.165) is 12.1 Å². The number of benzene rings is 1. The zero-order chi connectivity index (χ0) is 17.3. The lowest BCUT2D eigenvalue weighted by Crippen LogP contribution is -2.27. The molecule has 0 unspecified atom stereocenters. The number of thioether (sulfide) groups is 1. The molecule has 1 amide bonds. The summed E-state index contributed by atoms with van der Waals surface area (Å²) in [5.41, 5.74) is 0.442. The first-order valence-electron chi connectivity index (χ1n) is 7.35. The van der Waals surface area contributed by atoms with Gasteiger partial charge in [-0.2, -0.15) is 13.2 Å². The molecule has 0 bridgehead atoms. The first kappa shape index (κ1) is 16.8. The van der Waals surface area contributed by atoms with E-state index >= 15 is 0 Å². The first-order chi connectivity index (χ1) is 11.4. The van der Waals surface area contributed by atoms with Gasteiger partial charge in [0, 0.05) is 6.54 Å². The summed E-state index contributed by atoms with van der Waals surface area (Å²) in [7, 11) is 0. The Kier molecular flexibility index (Phi) is 4.53. The number of hydrogen-bond donors (Lipinski definition) is 0. The molecule has 1 saturated heterocycles. The highest BCUT2D eigenvalue weighted by atomic mass is 32.2. The van der Waals surface area contributed by atoms with Gasteiger partial charge in [0.2, 0.25) is 5.91 Å². The Morgan fingerprint density at radius 2 is 2.17 bits per heavy atom. The maximum Gasteiger partial charge on any atom is 0.416 e. The fourth-order valence-corrected chi connectivity index (χ4v) is 3.77. The van der Waals surface area contributed by atoms with Crippen molar-refractivity contribution in [1.29, 1.82) is 0 Å². The topological polar surface area (TPSA) is 51.0 Å². The molecule has 128 valence electrons. The van der Waals surface area contributed by atoms with Gasteiger partial charge in [0.05, 0.1) is 24.1 Å². The van der Waals surface area contributed by atoms with Crippen LogP contribution < -0.4 is 0 Å². The number of alkyl halides is 3. The summed E-state index contributed by atoms with van der Waals surface area (Å²) in [5, 5.41) is 7.87. The SMILES string of the molecule is CCN1C(=O)CS[C@@H]1c1cn(Cc2cccc(C(F)(F)F)c2)nn1. The van der Waals surface area contributed by atoms with Gasteiger partial charge < -0.3 is 4.90 Å². The molecule has 3 rings (SSSR count). The van der Waals surface area contributed by atoms with E-state index in [1.807, 2.05) is 6.92 Å². The molecule has 2 heterocycles. The number of rotatable bonds is 4. The highest BCUT2D eigenvalue weighted by Gasteiger charge is 2.33. The summed E-state index contributed by atoms with van der Waals surface area (Å²) in [6.45, 7) is 2.66. The van der Waals surface area contributed by atoms with Crippen molar-refractivity contribution in [2.45, 2.75) is 25.0 Å². The van der Waals surface area contributed by atoms with Crippen molar-refractivity contribution in [2.75, 3.05) is 12.3 Å². The third kappa shape index (κ3) is 3.40. The van der Waals surface area contributed by atoms with Gasteiger partial charge in [-0.25, -0.2) is 4.68 Å². The Labute approximate surface area is 140 Å². The minimum atomic E-state index is -4.37. The normalized spacial score (nSPS) is 18.4. The van der Waals surface area contributed by atoms with E-state index in [1.165, 1.54) is 22.5 Å². The number of amides is 1. The second-order valence-electron chi connectivity index (χ2n) is 5.38. The third-order valence-corrected chi connectivity index (χ3v) is 4.94. The van der Waals surface area contributed by atoms with Crippen LogP contribution in [0.15, 0.2) is 30.5 Å². The predicted molar refractivity (Wildman–Crippen MR) is 83.2 cm³/mol. The van der Waals surface area contributed by atoms with Gasteiger partial charge >= 0.3 is 6.18 Å². The van der Waals surface area contributed by atoms with Gasteiger partial charge in [-0.3, -0.25) is 4.79 Å². The molecule has 1 atom stereocenters. The van der Waals surface area contributed by atoms with E-state index in [9.17, 15) is 18.0 Å². The second kappa shape index (κ2) is 6.46. The van der Waals surface area contributed by atoms with Crippen LogP contribution in [0.3, 0.4) is 0 Å². The Balaban J connectivity index is 1.76. The van der Waals surface area contributed by atoms with Crippen LogP contribution in [-0.4, -0.2) is 38.1 Å². The standard InChI is InChI=1S/C15H15F3N4OS/c1-2-22-13(23)9-24-14(22)12-8-21(20-19-12)7-10-4-3-5-11(6-10)15(16,17)18/h3-6,8,14H,2,7,9H2,1H3/t14-/m1/s1. The number of hydrogen-bond acceptors (Lipinski definition) is 4. The maximum absolute atomic E-state index is 12.8. The molecule has 5 nitrogen and oxygen atoms in total. The van der Waals surface area contributed by atoms with Crippen LogP contribution in [0.1, 0.15) is 29.1 Å². The minimum absolute atomic E-state index is 0.0555. The van der Waals surface area contributed by atoms with Gasteiger partial charge in [0.1, 0.15) is 11.1 Å². The Bertz CT molecular complexity index is 746. The fraction of sp³-hybridized carbons (Fsp3) is 0.400. The lowest BCUT2D eigenvalue weighted by Gasteiger charge is -2.19. The largest absolute Gasteiger partial charge is 0.416 e. The molecule has 1 fully saturated rings. The van der Waals surface area contributed by atoms with Crippen LogP contribution in [0.2, 0.25) is 0 Å². The summed E-state index contributed by atoms with van der Waals surface area (Å²) in [6, 6.07) is 5.13. The van der Waals surface area contributed by atoms with Crippen LogP contribution in [0.4, 0.5) is 13.2 Å². The molecule has 1 aliphatic heterocycles. The number of carbonyl (C=O) groups is 1. The first-order valence-corrected chi connectivity index (χ1v) is 8.40. The molecule has 0 spiro atoms. The molecular weight excluding hydrogens is 341 g/mol. The van der Waals surface area contributed by atoms with E-state index in [4.69, 9.17) is 0 Å². The molecule has 1 aromatic carbocycles. The molecule has 1 aliphatic rings. The average molecular weight is 356 g/mol. The number of aromatic nitrogens is 3. The van der Waals surface area contributed by atoms with E-state index < -0.39 is 11.7 Å². The molecule has 0 radical (unpaired) electrons.